The normalized spacial score (nSPS) is 19.3. The molecule has 0 unspecified atom stereocenters. The number of methoxy groups -OCH3 is 1. The molecule has 1 aliphatic carbocycles. The van der Waals surface area contributed by atoms with Crippen molar-refractivity contribution in [1.29, 1.82) is 0 Å². The molecule has 2 aromatic carbocycles. The molecule has 2 atom stereocenters. The monoisotopic (exact) mass is 469 g/mol. The molecule has 8 heteroatoms. The first kappa shape index (κ1) is 24.5. The minimum atomic E-state index is -1.07. The maximum Gasteiger partial charge on any atom is 0.331 e. The van der Waals surface area contributed by atoms with Gasteiger partial charge in [-0.1, -0.05) is 6.07 Å². The number of carbonyl (C=O) groups is 1. The van der Waals surface area contributed by atoms with Crippen LogP contribution in [0.4, 0.5) is 4.39 Å². The Kier molecular flexibility index (Phi) is 6.66. The lowest BCUT2D eigenvalue weighted by molar-refractivity contribution is -0.141. The van der Waals surface area contributed by atoms with E-state index < -0.39 is 11.2 Å². The highest BCUT2D eigenvalue weighted by Gasteiger charge is 2.37. The van der Waals surface area contributed by atoms with Gasteiger partial charge in [0.1, 0.15) is 23.4 Å². The van der Waals surface area contributed by atoms with Crippen molar-refractivity contribution >= 4 is 18.9 Å². The van der Waals surface area contributed by atoms with Crippen molar-refractivity contribution in [3.8, 4) is 11.5 Å². The van der Waals surface area contributed by atoms with Gasteiger partial charge in [0, 0.05) is 17.5 Å². The van der Waals surface area contributed by atoms with Crippen molar-refractivity contribution in [2.75, 3.05) is 13.7 Å². The van der Waals surface area contributed by atoms with Gasteiger partial charge in [0.25, 0.3) is 0 Å². The molecule has 1 heterocycles. The van der Waals surface area contributed by atoms with E-state index in [-0.39, 0.29) is 30.2 Å². The lowest BCUT2D eigenvalue weighted by atomic mass is 9.79. The zero-order chi connectivity index (χ0) is 24.7. The van der Waals surface area contributed by atoms with Gasteiger partial charge in [0.05, 0.1) is 31.3 Å². The summed E-state index contributed by atoms with van der Waals surface area (Å²) < 4.78 is 37.2. The maximum atomic E-state index is 14.5. The summed E-state index contributed by atoms with van der Waals surface area (Å²) in [6, 6.07) is 8.57. The van der Waals surface area contributed by atoms with Gasteiger partial charge >= 0.3 is 13.5 Å². The summed E-state index contributed by atoms with van der Waals surface area (Å²) in [5, 5.41) is 10.3. The van der Waals surface area contributed by atoms with Crippen LogP contribution in [0.5, 0.6) is 11.5 Å². The summed E-state index contributed by atoms with van der Waals surface area (Å²) in [4.78, 5) is 11.6. The van der Waals surface area contributed by atoms with Crippen molar-refractivity contribution in [2.24, 2.45) is 0 Å². The Balaban J connectivity index is 1.49. The molecule has 1 radical (unpaired) electrons. The predicted octanol–water partition coefficient (Wildman–Crippen LogP) is 3.74. The van der Waals surface area contributed by atoms with E-state index >= 15 is 0 Å². The molecule has 34 heavy (non-hydrogen) atoms. The van der Waals surface area contributed by atoms with E-state index in [9.17, 15) is 14.3 Å². The third-order valence-corrected chi connectivity index (χ3v) is 7.02. The molecular weight excluding hydrogens is 438 g/mol. The molecule has 181 valence electrons. The Labute approximate surface area is 200 Å². The second-order valence-electron chi connectivity index (χ2n) is 10.0. The number of hydrogen-bond donors (Lipinski definition) is 1. The molecule has 0 saturated heterocycles. The van der Waals surface area contributed by atoms with Crippen molar-refractivity contribution < 1.29 is 33.2 Å². The summed E-state index contributed by atoms with van der Waals surface area (Å²) in [6.45, 7) is 7.37. The van der Waals surface area contributed by atoms with Gasteiger partial charge in [-0.2, -0.15) is 0 Å². The molecule has 0 amide bonds. The number of benzene rings is 2. The highest BCUT2D eigenvalue weighted by Crippen LogP contribution is 2.41. The van der Waals surface area contributed by atoms with Gasteiger partial charge in [-0.3, -0.25) is 4.79 Å². The van der Waals surface area contributed by atoms with E-state index in [4.69, 9.17) is 18.9 Å². The molecule has 4 rings (SSSR count). The van der Waals surface area contributed by atoms with Gasteiger partial charge < -0.3 is 24.0 Å². The Bertz CT molecular complexity index is 1080. The summed E-state index contributed by atoms with van der Waals surface area (Å²) in [5.41, 5.74) is 1.46. The molecule has 1 aliphatic heterocycles. The van der Waals surface area contributed by atoms with Crippen LogP contribution in [0, 0.1) is 5.82 Å². The van der Waals surface area contributed by atoms with E-state index in [0.717, 1.165) is 23.1 Å². The smallest absolute Gasteiger partial charge is 0.331 e. The number of halogens is 1. The third kappa shape index (κ3) is 4.93. The molecule has 2 aliphatic rings. The molecule has 0 bridgehead atoms. The van der Waals surface area contributed by atoms with Crippen LogP contribution in [0.15, 0.2) is 30.3 Å². The van der Waals surface area contributed by atoms with Crippen LogP contribution in [0.1, 0.15) is 69.2 Å². The van der Waals surface area contributed by atoms with Gasteiger partial charge in [-0.15, -0.1) is 0 Å². The van der Waals surface area contributed by atoms with Gasteiger partial charge in [-0.05, 0) is 75.3 Å². The van der Waals surface area contributed by atoms with E-state index in [0.29, 0.717) is 30.0 Å². The molecule has 1 N–H and O–H groups in total. The maximum absolute atomic E-state index is 14.5. The second kappa shape index (κ2) is 9.23. The van der Waals surface area contributed by atoms with Crippen molar-refractivity contribution in [2.45, 2.75) is 70.2 Å². The Hall–Kier alpha value is -2.58. The van der Waals surface area contributed by atoms with Crippen molar-refractivity contribution in [3.63, 3.8) is 0 Å². The molecule has 0 saturated carbocycles. The third-order valence-electron chi connectivity index (χ3n) is 7.02. The lowest BCUT2D eigenvalue weighted by Gasteiger charge is -2.37. The fraction of sp³-hybridized carbons (Fsp3) is 0.500. The standard InChI is InChI=1S/C26H31BFO6/c1-25(2,30)26(3,4)34-27-21-12-16(28)11-20-19(21)8-9-22(20)33-17-6-7-18-15(10-24(29)31-5)14-32-23(18)13-17/h6-7,11-13,15,22,30H,8-10,14H2,1-5H3/t15-,22-/m1/s1. The first-order valence-corrected chi connectivity index (χ1v) is 11.5. The van der Waals surface area contributed by atoms with Crippen LogP contribution < -0.4 is 14.9 Å². The van der Waals surface area contributed by atoms with E-state index in [1.165, 1.54) is 26.7 Å². The summed E-state index contributed by atoms with van der Waals surface area (Å²) in [7, 11) is 2.91. The lowest BCUT2D eigenvalue weighted by Crippen LogP contribution is -2.49. The Morgan fingerprint density at radius 2 is 1.97 bits per heavy atom. The zero-order valence-electron chi connectivity index (χ0n) is 20.3. The van der Waals surface area contributed by atoms with Crippen LogP contribution >= 0.6 is 0 Å². The number of carbonyl (C=O) groups excluding carboxylic acids is 1. The van der Waals surface area contributed by atoms with Crippen LogP contribution in [0.2, 0.25) is 0 Å². The van der Waals surface area contributed by atoms with E-state index in [1.54, 1.807) is 27.7 Å². The van der Waals surface area contributed by atoms with Crippen LogP contribution in [-0.4, -0.2) is 43.5 Å². The number of fused-ring (bicyclic) bond motifs is 2. The van der Waals surface area contributed by atoms with Gasteiger partial charge in [0.15, 0.2) is 0 Å². The zero-order valence-corrected chi connectivity index (χ0v) is 20.3. The molecule has 2 aromatic rings. The average molecular weight is 469 g/mol. The number of rotatable bonds is 8. The molecule has 0 aromatic heterocycles. The summed E-state index contributed by atoms with van der Waals surface area (Å²) >= 11 is 0. The van der Waals surface area contributed by atoms with Crippen LogP contribution in [-0.2, 0) is 20.6 Å². The Morgan fingerprint density at radius 1 is 1.21 bits per heavy atom. The fourth-order valence-corrected chi connectivity index (χ4v) is 4.22. The van der Waals surface area contributed by atoms with Gasteiger partial charge in [-0.25, -0.2) is 4.39 Å². The highest BCUT2D eigenvalue weighted by atomic mass is 19.1. The topological polar surface area (TPSA) is 74.2 Å². The second-order valence-corrected chi connectivity index (χ2v) is 10.0. The van der Waals surface area contributed by atoms with Crippen molar-refractivity contribution in [3.05, 3.63) is 52.8 Å². The molecule has 6 nitrogen and oxygen atoms in total. The van der Waals surface area contributed by atoms with Crippen molar-refractivity contribution in [1.82, 2.24) is 0 Å². The number of esters is 1. The largest absolute Gasteiger partial charge is 0.492 e. The first-order chi connectivity index (χ1) is 16.0. The minimum Gasteiger partial charge on any atom is -0.492 e. The fourth-order valence-electron chi connectivity index (χ4n) is 4.22. The highest BCUT2D eigenvalue weighted by molar-refractivity contribution is 6.48. The quantitative estimate of drug-likeness (QED) is 0.469. The average Bonchev–Trinajstić information content (AvgIpc) is 3.35. The first-order valence-electron chi connectivity index (χ1n) is 11.5. The SMILES string of the molecule is COC(=O)C[C@@H]1COc2cc(O[C@@H]3CCc4c([B]OC(C)(C)C(C)(C)O)cc(F)cc43)ccc21. The molecular formula is C26H31BFO6. The van der Waals surface area contributed by atoms with Crippen LogP contribution in [0.25, 0.3) is 0 Å². The summed E-state index contributed by atoms with van der Waals surface area (Å²) in [6.07, 6.45) is 1.40. The number of hydrogen-bond acceptors (Lipinski definition) is 6. The molecule has 0 fully saturated rings. The molecule has 0 spiro atoms. The Morgan fingerprint density at radius 3 is 2.68 bits per heavy atom. The number of aliphatic hydroxyl groups is 1. The number of ether oxygens (including phenoxy) is 3. The summed E-state index contributed by atoms with van der Waals surface area (Å²) in [5.74, 6) is 0.649. The van der Waals surface area contributed by atoms with Gasteiger partial charge in [0.2, 0.25) is 0 Å². The van der Waals surface area contributed by atoms with E-state index in [2.05, 4.69) is 0 Å². The minimum absolute atomic E-state index is 0.0379. The van der Waals surface area contributed by atoms with E-state index in [1.807, 2.05) is 18.2 Å². The predicted molar refractivity (Wildman–Crippen MR) is 126 cm³/mol. The van der Waals surface area contributed by atoms with Crippen LogP contribution in [0.3, 0.4) is 0 Å².